The van der Waals surface area contributed by atoms with Crippen LogP contribution in [0, 0.1) is 6.92 Å². The highest BCUT2D eigenvalue weighted by Crippen LogP contribution is 2.29. The Hall–Kier alpha value is -0.550. The number of ether oxygens (including phenoxy) is 1. The van der Waals surface area contributed by atoms with Crippen LogP contribution in [0.15, 0.2) is 9.72 Å². The van der Waals surface area contributed by atoms with Gasteiger partial charge in [0.1, 0.15) is 5.25 Å². The molecule has 0 spiro atoms. The number of carbonyl (C=O) groups is 1. The number of aryl methyl sites for hydroxylation is 1. The SMILES string of the molecule is CCCC(Sc1nc(C)cs1)C(=O)OCC. The number of carbonyl (C=O) groups excluding carboxylic acids is 1. The van der Waals surface area contributed by atoms with Crippen LogP contribution in [0.1, 0.15) is 32.4 Å². The number of esters is 1. The summed E-state index contributed by atoms with van der Waals surface area (Å²) >= 11 is 3.10. The molecule has 0 saturated carbocycles. The van der Waals surface area contributed by atoms with Crippen molar-refractivity contribution in [3.8, 4) is 0 Å². The summed E-state index contributed by atoms with van der Waals surface area (Å²) in [4.78, 5) is 16.0. The number of rotatable bonds is 6. The summed E-state index contributed by atoms with van der Waals surface area (Å²) in [6.45, 7) is 6.30. The predicted molar refractivity (Wildman–Crippen MR) is 68.0 cm³/mol. The van der Waals surface area contributed by atoms with E-state index in [9.17, 15) is 4.79 Å². The maximum absolute atomic E-state index is 11.7. The molecule has 1 rings (SSSR count). The minimum Gasteiger partial charge on any atom is -0.465 e. The van der Waals surface area contributed by atoms with E-state index in [0.717, 1.165) is 22.9 Å². The number of aromatic nitrogens is 1. The second kappa shape index (κ2) is 6.91. The fourth-order valence-corrected chi connectivity index (χ4v) is 3.42. The van der Waals surface area contributed by atoms with Gasteiger partial charge in [-0.15, -0.1) is 11.3 Å². The van der Waals surface area contributed by atoms with Gasteiger partial charge < -0.3 is 4.74 Å². The Bertz CT molecular complexity index is 338. The van der Waals surface area contributed by atoms with Crippen LogP contribution in [0.4, 0.5) is 0 Å². The Morgan fingerprint density at radius 2 is 2.38 bits per heavy atom. The highest BCUT2D eigenvalue weighted by molar-refractivity contribution is 8.02. The van der Waals surface area contributed by atoms with Crippen molar-refractivity contribution < 1.29 is 9.53 Å². The molecule has 3 nitrogen and oxygen atoms in total. The van der Waals surface area contributed by atoms with Crippen LogP contribution >= 0.6 is 23.1 Å². The summed E-state index contributed by atoms with van der Waals surface area (Å²) in [5.74, 6) is -0.123. The second-order valence-electron chi connectivity index (χ2n) is 3.40. The topological polar surface area (TPSA) is 39.2 Å². The molecule has 1 unspecified atom stereocenters. The van der Waals surface area contributed by atoms with Gasteiger partial charge in [-0.05, 0) is 20.3 Å². The third-order valence-corrected chi connectivity index (χ3v) is 4.28. The Kier molecular flexibility index (Phi) is 5.84. The average molecular weight is 259 g/mol. The van der Waals surface area contributed by atoms with Gasteiger partial charge in [0.2, 0.25) is 0 Å². The zero-order valence-electron chi connectivity index (χ0n) is 9.86. The lowest BCUT2D eigenvalue weighted by molar-refractivity contribution is -0.142. The van der Waals surface area contributed by atoms with E-state index < -0.39 is 0 Å². The fraction of sp³-hybridized carbons (Fsp3) is 0.636. The number of hydrogen-bond donors (Lipinski definition) is 0. The van der Waals surface area contributed by atoms with Gasteiger partial charge in [0.25, 0.3) is 0 Å². The molecular formula is C11H17NO2S2. The van der Waals surface area contributed by atoms with E-state index in [1.807, 2.05) is 19.2 Å². The molecule has 0 N–H and O–H groups in total. The summed E-state index contributed by atoms with van der Waals surface area (Å²) in [6.07, 6.45) is 1.81. The normalized spacial score (nSPS) is 12.4. The van der Waals surface area contributed by atoms with Crippen LogP contribution in [-0.4, -0.2) is 22.8 Å². The largest absolute Gasteiger partial charge is 0.465 e. The Morgan fingerprint density at radius 3 is 2.88 bits per heavy atom. The molecule has 0 aromatic carbocycles. The van der Waals surface area contributed by atoms with Crippen molar-refractivity contribution in [2.45, 2.75) is 43.2 Å². The first-order chi connectivity index (χ1) is 7.67. The molecule has 0 aliphatic carbocycles. The Labute approximate surface area is 105 Å². The van der Waals surface area contributed by atoms with E-state index in [2.05, 4.69) is 11.9 Å². The lowest BCUT2D eigenvalue weighted by atomic mass is 10.2. The highest BCUT2D eigenvalue weighted by Gasteiger charge is 2.21. The zero-order chi connectivity index (χ0) is 12.0. The van der Waals surface area contributed by atoms with Gasteiger partial charge in [0, 0.05) is 11.1 Å². The van der Waals surface area contributed by atoms with Gasteiger partial charge >= 0.3 is 5.97 Å². The molecule has 16 heavy (non-hydrogen) atoms. The molecule has 1 aromatic rings. The lowest BCUT2D eigenvalue weighted by Gasteiger charge is -2.12. The van der Waals surface area contributed by atoms with Gasteiger partial charge in [0.05, 0.1) is 6.61 Å². The fourth-order valence-electron chi connectivity index (χ4n) is 1.23. The van der Waals surface area contributed by atoms with Crippen molar-refractivity contribution in [3.63, 3.8) is 0 Å². The highest BCUT2D eigenvalue weighted by atomic mass is 32.2. The summed E-state index contributed by atoms with van der Waals surface area (Å²) in [6, 6.07) is 0. The Morgan fingerprint density at radius 1 is 1.62 bits per heavy atom. The molecule has 0 amide bonds. The molecule has 0 saturated heterocycles. The first-order valence-corrected chi connectivity index (χ1v) is 7.18. The third kappa shape index (κ3) is 4.14. The number of nitrogens with zero attached hydrogens (tertiary/aromatic N) is 1. The van der Waals surface area contributed by atoms with Crippen LogP contribution in [0.25, 0.3) is 0 Å². The first kappa shape index (κ1) is 13.5. The van der Waals surface area contributed by atoms with Gasteiger partial charge in [-0.3, -0.25) is 4.79 Å². The minimum atomic E-state index is -0.123. The zero-order valence-corrected chi connectivity index (χ0v) is 11.5. The van der Waals surface area contributed by atoms with E-state index in [1.165, 1.54) is 11.8 Å². The number of thioether (sulfide) groups is 1. The molecule has 0 radical (unpaired) electrons. The van der Waals surface area contributed by atoms with Crippen LogP contribution < -0.4 is 0 Å². The molecule has 5 heteroatoms. The van der Waals surface area contributed by atoms with Gasteiger partial charge in [-0.25, -0.2) is 4.98 Å². The van der Waals surface area contributed by atoms with Crippen LogP contribution in [0.3, 0.4) is 0 Å². The second-order valence-corrected chi connectivity index (χ2v) is 5.71. The predicted octanol–water partition coefficient (Wildman–Crippen LogP) is 3.28. The van der Waals surface area contributed by atoms with E-state index in [0.29, 0.717) is 6.61 Å². The van der Waals surface area contributed by atoms with Crippen molar-refractivity contribution in [2.24, 2.45) is 0 Å². The van der Waals surface area contributed by atoms with E-state index >= 15 is 0 Å². The molecule has 1 atom stereocenters. The molecule has 0 bridgehead atoms. The van der Waals surface area contributed by atoms with E-state index in [1.54, 1.807) is 11.3 Å². The van der Waals surface area contributed by atoms with Crippen LogP contribution in [0.5, 0.6) is 0 Å². The Balaban J connectivity index is 2.60. The van der Waals surface area contributed by atoms with Gasteiger partial charge in [0.15, 0.2) is 4.34 Å². The number of thiazole rings is 1. The average Bonchev–Trinajstić information content (AvgIpc) is 2.64. The van der Waals surface area contributed by atoms with Crippen molar-refractivity contribution in [2.75, 3.05) is 6.61 Å². The lowest BCUT2D eigenvalue weighted by Crippen LogP contribution is -2.20. The first-order valence-electron chi connectivity index (χ1n) is 5.42. The number of hydrogen-bond acceptors (Lipinski definition) is 5. The van der Waals surface area contributed by atoms with Gasteiger partial charge in [-0.1, -0.05) is 25.1 Å². The summed E-state index contributed by atoms with van der Waals surface area (Å²) in [5, 5.41) is 1.88. The summed E-state index contributed by atoms with van der Waals surface area (Å²) in [5.41, 5.74) is 1.01. The smallest absolute Gasteiger partial charge is 0.319 e. The van der Waals surface area contributed by atoms with Crippen LogP contribution in [-0.2, 0) is 9.53 Å². The summed E-state index contributed by atoms with van der Waals surface area (Å²) in [7, 11) is 0. The van der Waals surface area contributed by atoms with Crippen molar-refractivity contribution >= 4 is 29.1 Å². The van der Waals surface area contributed by atoms with E-state index in [4.69, 9.17) is 4.74 Å². The van der Waals surface area contributed by atoms with Crippen LogP contribution in [0.2, 0.25) is 0 Å². The maximum atomic E-state index is 11.7. The standard InChI is InChI=1S/C11H17NO2S2/c1-4-6-9(10(13)14-5-2)16-11-12-8(3)7-15-11/h7,9H,4-6H2,1-3H3. The maximum Gasteiger partial charge on any atom is 0.319 e. The molecule has 0 aliphatic heterocycles. The third-order valence-electron chi connectivity index (χ3n) is 1.94. The molecule has 1 heterocycles. The summed E-state index contributed by atoms with van der Waals surface area (Å²) < 4.78 is 6.00. The van der Waals surface area contributed by atoms with Crippen molar-refractivity contribution in [1.29, 1.82) is 0 Å². The monoisotopic (exact) mass is 259 g/mol. The molecular weight excluding hydrogens is 242 g/mol. The van der Waals surface area contributed by atoms with Crippen molar-refractivity contribution in [1.82, 2.24) is 4.98 Å². The quantitative estimate of drug-likeness (QED) is 0.580. The van der Waals surface area contributed by atoms with Gasteiger partial charge in [-0.2, -0.15) is 0 Å². The molecule has 0 aliphatic rings. The van der Waals surface area contributed by atoms with E-state index in [-0.39, 0.29) is 11.2 Å². The minimum absolute atomic E-state index is 0.115. The molecule has 1 aromatic heterocycles. The molecule has 90 valence electrons. The molecule has 0 fully saturated rings. The van der Waals surface area contributed by atoms with Crippen molar-refractivity contribution in [3.05, 3.63) is 11.1 Å².